The normalized spacial score (nSPS) is 12.0. The second-order valence-electron chi connectivity index (χ2n) is 11.4. The molecule has 0 atom stereocenters. The number of unbranched alkanes of at least 4 members (excludes halogenated alkanes) is 18. The molecule has 216 valence electrons. The molecular weight excluding hydrogens is 488 g/mol. The van der Waals surface area contributed by atoms with Gasteiger partial charge in [0.15, 0.2) is 0 Å². The molecule has 38 heavy (non-hydrogen) atoms. The van der Waals surface area contributed by atoms with Gasteiger partial charge in [0.2, 0.25) is 0 Å². The van der Waals surface area contributed by atoms with Crippen molar-refractivity contribution in [1.29, 1.82) is 0 Å². The molecule has 2 aromatic carbocycles. The topological polar surface area (TPSA) is 54.4 Å². The van der Waals surface area contributed by atoms with Crippen LogP contribution in [0.2, 0.25) is 0 Å². The monoisotopic (exact) mass is 544 g/mol. The Morgan fingerprint density at radius 2 is 0.974 bits per heavy atom. The van der Waals surface area contributed by atoms with E-state index in [9.17, 15) is 13.0 Å². The number of rotatable bonds is 23. The van der Waals surface area contributed by atoms with Crippen molar-refractivity contribution in [1.82, 2.24) is 0 Å². The lowest BCUT2D eigenvalue weighted by atomic mass is 9.98. The SMILES string of the molecule is CCCCCCCCCCCCc1ccc2ccc(CCCCCCCCCCCC)c(S(=O)(=O)O)c2c1. The number of benzene rings is 2. The minimum absolute atomic E-state index is 0.135. The Balaban J connectivity index is 1.83. The van der Waals surface area contributed by atoms with Gasteiger partial charge >= 0.3 is 0 Å². The van der Waals surface area contributed by atoms with Crippen LogP contribution in [0.4, 0.5) is 0 Å². The zero-order valence-electron chi connectivity index (χ0n) is 24.6. The highest BCUT2D eigenvalue weighted by Crippen LogP contribution is 2.30. The fraction of sp³-hybridized carbons (Fsp3) is 0.706. The predicted molar refractivity (Wildman–Crippen MR) is 165 cm³/mol. The van der Waals surface area contributed by atoms with Gasteiger partial charge in [-0.05, 0) is 48.3 Å². The molecule has 0 aliphatic rings. The predicted octanol–water partition coefficient (Wildman–Crippen LogP) is 11.0. The van der Waals surface area contributed by atoms with Crippen LogP contribution in [0.3, 0.4) is 0 Å². The lowest BCUT2D eigenvalue weighted by Crippen LogP contribution is -2.05. The van der Waals surface area contributed by atoms with Crippen molar-refractivity contribution in [2.45, 2.75) is 160 Å². The van der Waals surface area contributed by atoms with Crippen molar-refractivity contribution in [3.63, 3.8) is 0 Å². The van der Waals surface area contributed by atoms with Crippen LogP contribution in [0.1, 0.15) is 153 Å². The molecule has 0 aliphatic heterocycles. The van der Waals surface area contributed by atoms with E-state index in [4.69, 9.17) is 0 Å². The average molecular weight is 545 g/mol. The second-order valence-corrected chi connectivity index (χ2v) is 12.8. The first kappa shape index (κ1) is 32.8. The van der Waals surface area contributed by atoms with Crippen LogP contribution in [0.15, 0.2) is 35.2 Å². The second kappa shape index (κ2) is 19.6. The third-order valence-electron chi connectivity index (χ3n) is 7.99. The highest BCUT2D eigenvalue weighted by molar-refractivity contribution is 7.86. The maximum Gasteiger partial charge on any atom is 0.295 e. The largest absolute Gasteiger partial charge is 0.295 e. The van der Waals surface area contributed by atoms with Gasteiger partial charge in [0.1, 0.15) is 4.90 Å². The molecule has 0 bridgehead atoms. The standard InChI is InChI=1S/C34H56O3S/c1-3-5-7-9-11-13-15-17-19-21-23-30-25-26-31-27-28-32(34(33(31)29-30)38(35,36)37)24-22-20-18-16-14-12-10-8-6-4-2/h25-29H,3-24H2,1-2H3,(H,35,36,37). The van der Waals surface area contributed by atoms with Crippen molar-refractivity contribution in [2.75, 3.05) is 0 Å². The van der Waals surface area contributed by atoms with Crippen molar-refractivity contribution >= 4 is 20.9 Å². The highest BCUT2D eigenvalue weighted by atomic mass is 32.2. The van der Waals surface area contributed by atoms with E-state index in [-0.39, 0.29) is 4.90 Å². The summed E-state index contributed by atoms with van der Waals surface area (Å²) in [6.07, 6.45) is 27.3. The Hall–Kier alpha value is -1.39. The van der Waals surface area contributed by atoms with Crippen LogP contribution in [-0.4, -0.2) is 13.0 Å². The minimum atomic E-state index is -4.28. The Morgan fingerprint density at radius 3 is 1.45 bits per heavy atom. The molecule has 4 heteroatoms. The molecular formula is C34H56O3S. The Morgan fingerprint density at radius 1 is 0.553 bits per heavy atom. The third-order valence-corrected chi connectivity index (χ3v) is 8.99. The van der Waals surface area contributed by atoms with Gasteiger partial charge in [-0.15, -0.1) is 0 Å². The molecule has 0 amide bonds. The molecule has 1 N–H and O–H groups in total. The van der Waals surface area contributed by atoms with Crippen molar-refractivity contribution < 1.29 is 13.0 Å². The molecule has 0 saturated carbocycles. The van der Waals surface area contributed by atoms with Crippen molar-refractivity contribution in [3.8, 4) is 0 Å². The van der Waals surface area contributed by atoms with Gasteiger partial charge in [-0.3, -0.25) is 4.55 Å². The summed E-state index contributed by atoms with van der Waals surface area (Å²) < 4.78 is 35.1. The number of fused-ring (bicyclic) bond motifs is 1. The minimum Gasteiger partial charge on any atom is -0.282 e. The number of hydrogen-bond acceptors (Lipinski definition) is 2. The molecule has 0 fully saturated rings. The van der Waals surface area contributed by atoms with E-state index in [1.165, 1.54) is 109 Å². The zero-order chi connectivity index (χ0) is 27.5. The van der Waals surface area contributed by atoms with E-state index in [0.717, 1.165) is 42.2 Å². The van der Waals surface area contributed by atoms with E-state index in [1.807, 2.05) is 24.3 Å². The lowest BCUT2D eigenvalue weighted by molar-refractivity contribution is 0.482. The number of aryl methyl sites for hydroxylation is 2. The summed E-state index contributed by atoms with van der Waals surface area (Å²) in [4.78, 5) is 0.135. The first-order valence-corrected chi connectivity index (χ1v) is 17.4. The molecule has 2 aromatic rings. The van der Waals surface area contributed by atoms with Gasteiger partial charge in [0.25, 0.3) is 10.1 Å². The van der Waals surface area contributed by atoms with Crippen molar-refractivity contribution in [2.24, 2.45) is 0 Å². The van der Waals surface area contributed by atoms with Crippen LogP contribution in [0.5, 0.6) is 0 Å². The molecule has 3 nitrogen and oxygen atoms in total. The van der Waals surface area contributed by atoms with E-state index in [2.05, 4.69) is 19.9 Å². The van der Waals surface area contributed by atoms with Gasteiger partial charge in [-0.25, -0.2) is 0 Å². The first-order valence-electron chi connectivity index (χ1n) is 16.0. The van der Waals surface area contributed by atoms with E-state index in [0.29, 0.717) is 11.8 Å². The molecule has 0 spiro atoms. The molecule has 0 aromatic heterocycles. The van der Waals surface area contributed by atoms with E-state index >= 15 is 0 Å². The quantitative estimate of drug-likeness (QED) is 0.112. The Bertz CT molecular complexity index is 991. The summed E-state index contributed by atoms with van der Waals surface area (Å²) in [5, 5.41) is 1.57. The maximum atomic E-state index is 12.5. The van der Waals surface area contributed by atoms with Crippen LogP contribution < -0.4 is 0 Å². The van der Waals surface area contributed by atoms with Gasteiger partial charge in [0, 0.05) is 5.39 Å². The van der Waals surface area contributed by atoms with Gasteiger partial charge < -0.3 is 0 Å². The molecule has 0 radical (unpaired) electrons. The first-order chi connectivity index (χ1) is 18.5. The molecule has 0 heterocycles. The van der Waals surface area contributed by atoms with E-state index in [1.54, 1.807) is 0 Å². The fourth-order valence-corrected chi connectivity index (χ4v) is 6.62. The fourth-order valence-electron chi connectivity index (χ4n) is 5.66. The zero-order valence-corrected chi connectivity index (χ0v) is 25.4. The Labute approximate surface area is 235 Å². The summed E-state index contributed by atoms with van der Waals surface area (Å²) in [7, 11) is -4.28. The summed E-state index contributed by atoms with van der Waals surface area (Å²) in [6.45, 7) is 4.51. The average Bonchev–Trinajstić information content (AvgIpc) is 2.89. The van der Waals surface area contributed by atoms with Gasteiger partial charge in [-0.2, -0.15) is 8.42 Å². The smallest absolute Gasteiger partial charge is 0.282 e. The molecule has 2 rings (SSSR count). The summed E-state index contributed by atoms with van der Waals surface area (Å²) in [6, 6.07) is 10.1. The maximum absolute atomic E-state index is 12.5. The summed E-state index contributed by atoms with van der Waals surface area (Å²) in [5.74, 6) is 0. The highest BCUT2D eigenvalue weighted by Gasteiger charge is 2.19. The molecule has 0 unspecified atom stereocenters. The van der Waals surface area contributed by atoms with Crippen LogP contribution in [-0.2, 0) is 23.0 Å². The Kier molecular flexibility index (Phi) is 17.0. The molecule has 0 saturated heterocycles. The summed E-state index contributed by atoms with van der Waals surface area (Å²) in [5.41, 5.74) is 1.92. The van der Waals surface area contributed by atoms with Gasteiger partial charge in [-0.1, -0.05) is 154 Å². The van der Waals surface area contributed by atoms with E-state index < -0.39 is 10.1 Å². The van der Waals surface area contributed by atoms with Crippen molar-refractivity contribution in [3.05, 3.63) is 41.5 Å². The van der Waals surface area contributed by atoms with Crippen LogP contribution in [0, 0.1) is 0 Å². The van der Waals surface area contributed by atoms with Gasteiger partial charge in [0.05, 0.1) is 0 Å². The molecule has 0 aliphatic carbocycles. The van der Waals surface area contributed by atoms with Crippen LogP contribution >= 0.6 is 0 Å². The lowest BCUT2D eigenvalue weighted by Gasteiger charge is -2.12. The van der Waals surface area contributed by atoms with Crippen LogP contribution in [0.25, 0.3) is 10.8 Å². The third kappa shape index (κ3) is 13.1. The number of hydrogen-bond donors (Lipinski definition) is 1. The summed E-state index contributed by atoms with van der Waals surface area (Å²) >= 11 is 0.